The minimum absolute atomic E-state index is 0.0659. The second-order valence-electron chi connectivity index (χ2n) is 16.1. The number of likely N-dealkylation sites (N-methyl/N-ethyl adjacent to an activating group) is 1. The number of aliphatic hydroxyl groups excluding tert-OH is 1. The summed E-state index contributed by atoms with van der Waals surface area (Å²) in [6, 6.07) is 9.72. The molecule has 2 aromatic heterocycles. The number of fused-ring (bicyclic) bond motifs is 3. The van der Waals surface area contributed by atoms with Crippen LogP contribution in [-0.2, 0) is 22.7 Å². The van der Waals surface area contributed by atoms with Crippen LogP contribution in [0.15, 0.2) is 41.1 Å². The fourth-order valence-corrected chi connectivity index (χ4v) is 9.24. The fourth-order valence-electron chi connectivity index (χ4n) is 9.24. The summed E-state index contributed by atoms with van der Waals surface area (Å²) in [6.07, 6.45) is 4.72. The first kappa shape index (κ1) is 37.2. The van der Waals surface area contributed by atoms with E-state index in [9.17, 15) is 19.5 Å². The number of nitrogens with zero attached hydrogens (tertiary/aromatic N) is 8. The summed E-state index contributed by atoms with van der Waals surface area (Å²) in [4.78, 5) is 56.7. The molecule has 5 aliphatic heterocycles. The van der Waals surface area contributed by atoms with E-state index in [4.69, 9.17) is 15.2 Å². The van der Waals surface area contributed by atoms with Crippen LogP contribution in [0.25, 0.3) is 11.0 Å². The molecule has 7 heterocycles. The summed E-state index contributed by atoms with van der Waals surface area (Å²) in [5.41, 5.74) is 10.4. The van der Waals surface area contributed by atoms with E-state index >= 15 is 4.39 Å². The van der Waals surface area contributed by atoms with Crippen LogP contribution >= 0.6 is 0 Å². The van der Waals surface area contributed by atoms with Crippen LogP contribution in [0.4, 0.5) is 32.2 Å². The van der Waals surface area contributed by atoms with Crippen LogP contribution in [-0.4, -0.2) is 112 Å². The molecule has 4 saturated heterocycles. The first-order chi connectivity index (χ1) is 27.6. The average Bonchev–Trinajstić information content (AvgIpc) is 3.92. The number of carbonyl (C=O) groups is 3. The van der Waals surface area contributed by atoms with E-state index in [2.05, 4.69) is 47.6 Å². The van der Waals surface area contributed by atoms with E-state index in [1.165, 1.54) is 6.07 Å². The van der Waals surface area contributed by atoms with Gasteiger partial charge in [-0.05, 0) is 68.4 Å². The van der Waals surface area contributed by atoms with Crippen molar-refractivity contribution in [3.63, 3.8) is 0 Å². The Bertz CT molecular complexity index is 2190. The second kappa shape index (κ2) is 15.2. The maximum Gasteiger partial charge on any atom is 0.320 e. The molecule has 5 aliphatic rings. The van der Waals surface area contributed by atoms with Crippen molar-refractivity contribution in [3.05, 3.63) is 64.9 Å². The summed E-state index contributed by atoms with van der Waals surface area (Å²) < 4.78 is 21.2. The Labute approximate surface area is 329 Å². The van der Waals surface area contributed by atoms with Gasteiger partial charge in [-0.25, -0.2) is 19.2 Å². The molecule has 0 spiro atoms. The van der Waals surface area contributed by atoms with Crippen LogP contribution in [0.2, 0.25) is 0 Å². The van der Waals surface area contributed by atoms with E-state index in [-0.39, 0.29) is 35.9 Å². The normalized spacial score (nSPS) is 22.8. The number of carbonyl (C=O) groups excluding carboxylic acids is 3. The van der Waals surface area contributed by atoms with Gasteiger partial charge in [0.05, 0.1) is 18.2 Å². The van der Waals surface area contributed by atoms with Crippen LogP contribution in [0, 0.1) is 11.7 Å². The molecule has 0 aliphatic carbocycles. The van der Waals surface area contributed by atoms with Gasteiger partial charge in [-0.2, -0.15) is 0 Å². The molecule has 4 fully saturated rings. The van der Waals surface area contributed by atoms with Crippen molar-refractivity contribution >= 4 is 51.8 Å². The molecule has 0 radical (unpaired) electrons. The lowest BCUT2D eigenvalue weighted by atomic mass is 9.92. The molecule has 3 atom stereocenters. The smallest absolute Gasteiger partial charge is 0.320 e. The van der Waals surface area contributed by atoms with E-state index < -0.39 is 18.1 Å². The van der Waals surface area contributed by atoms with Crippen molar-refractivity contribution in [3.8, 4) is 0 Å². The second-order valence-corrected chi connectivity index (χ2v) is 16.1. The monoisotopic (exact) mass is 781 g/mol. The van der Waals surface area contributed by atoms with Crippen LogP contribution in [0.3, 0.4) is 0 Å². The Hall–Kier alpha value is -5.39. The van der Waals surface area contributed by atoms with Crippen molar-refractivity contribution in [2.45, 2.75) is 69.8 Å². The number of benzene rings is 2. The Morgan fingerprint density at radius 3 is 2.54 bits per heavy atom. The summed E-state index contributed by atoms with van der Waals surface area (Å²) in [5.74, 6) is -0.192. The highest BCUT2D eigenvalue weighted by Gasteiger charge is 2.37. The lowest BCUT2D eigenvalue weighted by Gasteiger charge is -2.38. The number of aromatic nitrogens is 3. The summed E-state index contributed by atoms with van der Waals surface area (Å²) in [5, 5.41) is 20.7. The van der Waals surface area contributed by atoms with Gasteiger partial charge in [-0.15, -0.1) is 0 Å². The Kier molecular flexibility index (Phi) is 9.90. The number of hydrogen-bond acceptors (Lipinski definition) is 13. The zero-order valence-electron chi connectivity index (χ0n) is 32.0. The van der Waals surface area contributed by atoms with Crippen LogP contribution < -0.4 is 26.2 Å². The first-order valence-electron chi connectivity index (χ1n) is 19.9. The van der Waals surface area contributed by atoms with Gasteiger partial charge in [0, 0.05) is 100 Å². The van der Waals surface area contributed by atoms with Gasteiger partial charge in [0.1, 0.15) is 29.3 Å². The highest BCUT2D eigenvalue weighted by Crippen LogP contribution is 2.39. The van der Waals surface area contributed by atoms with Gasteiger partial charge in [0.15, 0.2) is 11.4 Å². The van der Waals surface area contributed by atoms with E-state index in [1.54, 1.807) is 11.1 Å². The highest BCUT2D eigenvalue weighted by molar-refractivity contribution is 6.02. The zero-order chi connectivity index (χ0) is 39.4. The topological polar surface area (TPSA) is 190 Å². The molecule has 4 amide bonds. The Morgan fingerprint density at radius 2 is 1.81 bits per heavy atom. The molecule has 5 N–H and O–H groups in total. The number of amides is 4. The molecular formula is C40H48FN11O5. The number of hydrogen-bond donors (Lipinski definition) is 4. The lowest BCUT2D eigenvalue weighted by Crippen LogP contribution is -2.49. The third-order valence-electron chi connectivity index (χ3n) is 12.4. The molecule has 16 nitrogen and oxygen atoms in total. The predicted molar refractivity (Wildman–Crippen MR) is 209 cm³/mol. The molecule has 9 rings (SSSR count). The average molecular weight is 782 g/mol. The van der Waals surface area contributed by atoms with Crippen molar-refractivity contribution in [1.29, 1.82) is 0 Å². The Morgan fingerprint density at radius 1 is 1.02 bits per heavy atom. The zero-order valence-corrected chi connectivity index (χ0v) is 32.0. The lowest BCUT2D eigenvalue weighted by molar-refractivity contribution is -0.134. The standard InChI is InChI=1S/C40H48FN11O5/c1-48-15-16-52(40(48)56)26-3-2-12-51(20-26)32-18-43-35(37(42)54)38(45-32)44-24-4-6-25(7-5-24)50-13-10-23(11-14-50)19-49-21-29-30(22-49)36-28(17-31(29)41)34(47-57-36)27-8-9-33(53)46-39(27)55/h4-7,17-18,23,26-27,37,54H,2-3,8-16,19-22,42H2,1H3,(H,44,45)(H,46,53,55)/t26-,27?,37?/m1/s1. The van der Waals surface area contributed by atoms with Crippen molar-refractivity contribution in [1.82, 2.24) is 35.1 Å². The maximum absolute atomic E-state index is 15.5. The van der Waals surface area contributed by atoms with Crippen molar-refractivity contribution < 1.29 is 28.4 Å². The number of imide groups is 1. The molecule has 2 unspecified atom stereocenters. The quantitative estimate of drug-likeness (QED) is 0.143. The molecule has 2 aromatic carbocycles. The van der Waals surface area contributed by atoms with Crippen molar-refractivity contribution in [2.24, 2.45) is 11.7 Å². The van der Waals surface area contributed by atoms with E-state index in [1.807, 2.05) is 24.1 Å². The summed E-state index contributed by atoms with van der Waals surface area (Å²) >= 11 is 0. The number of nitrogens with two attached hydrogens (primary N) is 1. The van der Waals surface area contributed by atoms with Crippen LogP contribution in [0.5, 0.6) is 0 Å². The molecule has 0 saturated carbocycles. The number of rotatable bonds is 9. The van der Waals surface area contributed by atoms with E-state index in [0.717, 1.165) is 81.9 Å². The number of piperidine rings is 3. The fraction of sp³-hybridized carbons (Fsp3) is 0.500. The van der Waals surface area contributed by atoms with E-state index in [0.29, 0.717) is 65.8 Å². The summed E-state index contributed by atoms with van der Waals surface area (Å²) in [6.45, 7) is 6.57. The van der Waals surface area contributed by atoms with Gasteiger partial charge in [0.25, 0.3) is 0 Å². The Balaban J connectivity index is 0.807. The third kappa shape index (κ3) is 7.23. The predicted octanol–water partition coefficient (Wildman–Crippen LogP) is 3.54. The van der Waals surface area contributed by atoms with Gasteiger partial charge in [-0.1, -0.05) is 5.16 Å². The van der Waals surface area contributed by atoms with Gasteiger partial charge in [0.2, 0.25) is 11.8 Å². The van der Waals surface area contributed by atoms with Gasteiger partial charge >= 0.3 is 6.03 Å². The number of aliphatic hydroxyl groups is 1. The van der Waals surface area contributed by atoms with Gasteiger partial charge in [-0.3, -0.25) is 19.8 Å². The minimum atomic E-state index is -1.31. The third-order valence-corrected chi connectivity index (χ3v) is 12.4. The number of halogens is 1. The molecule has 57 heavy (non-hydrogen) atoms. The summed E-state index contributed by atoms with van der Waals surface area (Å²) in [7, 11) is 1.83. The van der Waals surface area contributed by atoms with Crippen molar-refractivity contribution in [2.75, 3.05) is 68.0 Å². The largest absolute Gasteiger partial charge is 0.373 e. The molecule has 0 bridgehead atoms. The molecule has 17 heteroatoms. The number of urea groups is 1. The molecular weight excluding hydrogens is 734 g/mol. The number of nitrogens with one attached hydrogen (secondary N) is 2. The number of anilines is 4. The highest BCUT2D eigenvalue weighted by atomic mass is 19.1. The van der Waals surface area contributed by atoms with Crippen LogP contribution in [0.1, 0.15) is 73.2 Å². The van der Waals surface area contributed by atoms with Gasteiger partial charge < -0.3 is 40.3 Å². The minimum Gasteiger partial charge on any atom is -0.373 e. The first-order valence-corrected chi connectivity index (χ1v) is 19.9. The SMILES string of the molecule is CN1CCN([C@@H]2CCCN(c3cnc(C(N)O)c(Nc4ccc(N5CCC(CN6Cc7c(F)cc8c(C9CCC(=O)NC9=O)noc8c7C6)CC5)cc4)n3)C2)C1=O. The maximum atomic E-state index is 15.5. The molecule has 4 aromatic rings. The molecule has 300 valence electrons.